The van der Waals surface area contributed by atoms with Gasteiger partial charge in [-0.05, 0) is 43.2 Å². The largest absolute Gasteiger partial charge is 0.349 e. The fraction of sp³-hybridized carbons (Fsp3) is 0.619. The van der Waals surface area contributed by atoms with Crippen LogP contribution in [0.5, 0.6) is 0 Å². The Hall–Kier alpha value is -1.49. The smallest absolute Gasteiger partial charge is 0.232 e. The van der Waals surface area contributed by atoms with Crippen molar-refractivity contribution in [2.45, 2.75) is 63.5 Å². The van der Waals surface area contributed by atoms with Crippen molar-refractivity contribution in [3.8, 4) is 0 Å². The van der Waals surface area contributed by atoms with Gasteiger partial charge in [-0.2, -0.15) is 0 Å². The van der Waals surface area contributed by atoms with Gasteiger partial charge in [0, 0.05) is 13.1 Å². The monoisotopic (exact) mass is 374 g/mol. The van der Waals surface area contributed by atoms with E-state index < -0.39 is 0 Å². The van der Waals surface area contributed by atoms with Gasteiger partial charge in [-0.25, -0.2) is 0 Å². The Morgan fingerprint density at radius 1 is 1.08 bits per heavy atom. The van der Waals surface area contributed by atoms with Crippen molar-refractivity contribution >= 4 is 23.6 Å². The molecule has 26 heavy (non-hydrogen) atoms. The normalized spacial score (nSPS) is 20.3. The Labute approximate surface area is 161 Å². The number of thioether (sulfide) groups is 1. The van der Waals surface area contributed by atoms with Crippen LogP contribution in [0.3, 0.4) is 0 Å². The molecular formula is C21H30N2O2S. The number of aryl methyl sites for hydroxylation is 1. The number of nitrogens with zero attached hydrogens (tertiary/aromatic N) is 1. The first-order valence-electron chi connectivity index (χ1n) is 9.85. The lowest BCUT2D eigenvalue weighted by Gasteiger charge is -2.31. The van der Waals surface area contributed by atoms with Gasteiger partial charge in [0.15, 0.2) is 0 Å². The van der Waals surface area contributed by atoms with Crippen LogP contribution in [0.15, 0.2) is 24.3 Å². The highest BCUT2D eigenvalue weighted by Crippen LogP contribution is 2.29. The van der Waals surface area contributed by atoms with E-state index in [4.69, 9.17) is 0 Å². The summed E-state index contributed by atoms with van der Waals surface area (Å²) in [6, 6.07) is 8.89. The van der Waals surface area contributed by atoms with E-state index in [1.54, 1.807) is 0 Å². The second-order valence-electron chi connectivity index (χ2n) is 7.50. The van der Waals surface area contributed by atoms with Gasteiger partial charge in [-0.15, -0.1) is 11.8 Å². The summed E-state index contributed by atoms with van der Waals surface area (Å²) < 4.78 is 0. The number of carbonyl (C=O) groups excluding carboxylic acids is 2. The van der Waals surface area contributed by atoms with Crippen molar-refractivity contribution in [1.82, 2.24) is 10.2 Å². The average Bonchev–Trinajstić information content (AvgIpc) is 2.68. The van der Waals surface area contributed by atoms with E-state index in [1.165, 1.54) is 42.2 Å². The van der Waals surface area contributed by atoms with Crippen molar-refractivity contribution in [3.05, 3.63) is 35.4 Å². The minimum atomic E-state index is 0.0322. The van der Waals surface area contributed by atoms with Gasteiger partial charge < -0.3 is 10.2 Å². The third kappa shape index (κ3) is 5.03. The van der Waals surface area contributed by atoms with Crippen LogP contribution in [-0.4, -0.2) is 41.3 Å². The lowest BCUT2D eigenvalue weighted by Crippen LogP contribution is -2.39. The maximum absolute atomic E-state index is 12.4. The van der Waals surface area contributed by atoms with Gasteiger partial charge in [0.25, 0.3) is 0 Å². The van der Waals surface area contributed by atoms with E-state index in [0.717, 1.165) is 32.1 Å². The summed E-state index contributed by atoms with van der Waals surface area (Å²) in [5, 5.41) is 3.16. The molecule has 0 bridgehead atoms. The minimum Gasteiger partial charge on any atom is -0.349 e. The zero-order chi connectivity index (χ0) is 18.4. The maximum Gasteiger partial charge on any atom is 0.232 e. The van der Waals surface area contributed by atoms with Crippen molar-refractivity contribution in [2.75, 3.05) is 18.6 Å². The zero-order valence-electron chi connectivity index (χ0n) is 15.7. The first-order chi connectivity index (χ1) is 12.6. The minimum absolute atomic E-state index is 0.0322. The summed E-state index contributed by atoms with van der Waals surface area (Å²) in [7, 11) is 1.91. The van der Waals surface area contributed by atoms with Gasteiger partial charge in [0.1, 0.15) is 0 Å². The fourth-order valence-corrected chi connectivity index (χ4v) is 4.89. The first-order valence-corrected chi connectivity index (χ1v) is 11.0. The molecule has 142 valence electrons. The Balaban J connectivity index is 1.41. The number of hydrogen-bond acceptors (Lipinski definition) is 3. The molecule has 0 spiro atoms. The van der Waals surface area contributed by atoms with Crippen LogP contribution in [0.4, 0.5) is 0 Å². The Morgan fingerprint density at radius 2 is 1.85 bits per heavy atom. The molecule has 0 saturated heterocycles. The number of hydrogen-bond donors (Lipinski definition) is 1. The standard InChI is InChI=1S/C21H30N2O2S/c1-23(17-10-3-2-4-11-17)21(25)15-26-14-20(24)22-19-13-7-9-16-8-5-6-12-18(16)19/h5-6,8,12,17,19H,2-4,7,9-11,13-15H2,1H3,(H,22,24)/t19-/m1/s1. The van der Waals surface area contributed by atoms with Crippen LogP contribution in [0.2, 0.25) is 0 Å². The summed E-state index contributed by atoms with van der Waals surface area (Å²) in [5.41, 5.74) is 2.60. The topological polar surface area (TPSA) is 49.4 Å². The molecule has 1 N–H and O–H groups in total. The van der Waals surface area contributed by atoms with Gasteiger partial charge in [0.05, 0.1) is 17.5 Å². The molecule has 5 heteroatoms. The number of rotatable bonds is 6. The number of carbonyl (C=O) groups is 2. The van der Waals surface area contributed by atoms with Gasteiger partial charge in [-0.3, -0.25) is 9.59 Å². The van der Waals surface area contributed by atoms with Gasteiger partial charge in [0.2, 0.25) is 11.8 Å². The number of fused-ring (bicyclic) bond motifs is 1. The molecule has 1 saturated carbocycles. The highest BCUT2D eigenvalue weighted by Gasteiger charge is 2.23. The molecule has 1 aromatic rings. The summed E-state index contributed by atoms with van der Waals surface area (Å²) in [6.07, 6.45) is 9.18. The number of benzene rings is 1. The summed E-state index contributed by atoms with van der Waals surface area (Å²) in [5.74, 6) is 0.924. The third-order valence-corrected chi connectivity index (χ3v) is 6.60. The van der Waals surface area contributed by atoms with Crippen LogP contribution in [0, 0.1) is 0 Å². The van der Waals surface area contributed by atoms with Gasteiger partial charge >= 0.3 is 0 Å². The van der Waals surface area contributed by atoms with Crippen molar-refractivity contribution in [3.63, 3.8) is 0 Å². The maximum atomic E-state index is 12.4. The predicted molar refractivity (Wildman–Crippen MR) is 107 cm³/mol. The average molecular weight is 375 g/mol. The fourth-order valence-electron chi connectivity index (χ4n) is 4.14. The van der Waals surface area contributed by atoms with Crippen LogP contribution >= 0.6 is 11.8 Å². The Kier molecular flexibility index (Phi) is 7.00. The molecule has 2 aliphatic rings. The molecule has 2 amide bonds. The lowest BCUT2D eigenvalue weighted by molar-refractivity contribution is -0.129. The molecule has 0 heterocycles. The van der Waals surface area contributed by atoms with E-state index in [2.05, 4.69) is 23.5 Å². The lowest BCUT2D eigenvalue weighted by atomic mass is 9.88. The van der Waals surface area contributed by atoms with E-state index in [0.29, 0.717) is 17.5 Å². The van der Waals surface area contributed by atoms with Crippen LogP contribution < -0.4 is 5.32 Å². The Bertz CT molecular complexity index is 628. The van der Waals surface area contributed by atoms with E-state index in [9.17, 15) is 9.59 Å². The number of nitrogens with one attached hydrogen (secondary N) is 1. The van der Waals surface area contributed by atoms with E-state index >= 15 is 0 Å². The summed E-state index contributed by atoms with van der Waals surface area (Å²) in [4.78, 5) is 26.6. The van der Waals surface area contributed by atoms with Crippen molar-refractivity contribution in [1.29, 1.82) is 0 Å². The molecule has 1 fully saturated rings. The molecule has 0 unspecified atom stereocenters. The summed E-state index contributed by atoms with van der Waals surface area (Å²) >= 11 is 1.43. The van der Waals surface area contributed by atoms with Crippen LogP contribution in [0.25, 0.3) is 0 Å². The van der Waals surface area contributed by atoms with E-state index in [-0.39, 0.29) is 17.9 Å². The molecule has 1 aromatic carbocycles. The van der Waals surface area contributed by atoms with Crippen LogP contribution in [0.1, 0.15) is 62.1 Å². The van der Waals surface area contributed by atoms with Crippen molar-refractivity contribution in [2.24, 2.45) is 0 Å². The molecule has 1 atom stereocenters. The second kappa shape index (κ2) is 9.45. The van der Waals surface area contributed by atoms with E-state index in [1.807, 2.05) is 18.0 Å². The molecule has 0 aliphatic heterocycles. The molecule has 3 rings (SSSR count). The van der Waals surface area contributed by atoms with Crippen LogP contribution in [-0.2, 0) is 16.0 Å². The summed E-state index contributed by atoms with van der Waals surface area (Å²) in [6.45, 7) is 0. The second-order valence-corrected chi connectivity index (χ2v) is 8.49. The first kappa shape index (κ1) is 19.3. The SMILES string of the molecule is CN(C(=O)CSCC(=O)N[C@@H]1CCCc2ccccc21)C1CCCCC1. The van der Waals surface area contributed by atoms with Crippen molar-refractivity contribution < 1.29 is 9.59 Å². The molecule has 0 radical (unpaired) electrons. The molecule has 0 aromatic heterocycles. The zero-order valence-corrected chi connectivity index (χ0v) is 16.5. The quantitative estimate of drug-likeness (QED) is 0.826. The predicted octanol–water partition coefficient (Wildman–Crippen LogP) is 3.70. The highest BCUT2D eigenvalue weighted by atomic mass is 32.2. The highest BCUT2D eigenvalue weighted by molar-refractivity contribution is 8.00. The number of amides is 2. The molecular weight excluding hydrogens is 344 g/mol. The molecule has 2 aliphatic carbocycles. The van der Waals surface area contributed by atoms with Gasteiger partial charge in [-0.1, -0.05) is 43.5 Å². The molecule has 4 nitrogen and oxygen atoms in total. The third-order valence-electron chi connectivity index (χ3n) is 5.68. The Morgan fingerprint density at radius 3 is 2.65 bits per heavy atom.